The molecule has 0 atom stereocenters. The number of nitrogens with two attached hydrogens (primary N) is 1. The molecule has 2 fully saturated rings. The molecule has 2 aromatic rings. The van der Waals surface area contributed by atoms with Gasteiger partial charge in [-0.1, -0.05) is 60.7 Å². The van der Waals surface area contributed by atoms with Crippen molar-refractivity contribution in [1.29, 1.82) is 0 Å². The molecule has 2 aliphatic heterocycles. The molecule has 0 aromatic heterocycles. The molecule has 0 unspecified atom stereocenters. The Morgan fingerprint density at radius 1 is 0.750 bits per heavy atom. The molecule has 0 radical (unpaired) electrons. The van der Waals surface area contributed by atoms with Gasteiger partial charge in [-0.15, -0.1) is 0 Å². The predicted octanol–water partition coefficient (Wildman–Crippen LogP) is 1.87. The van der Waals surface area contributed by atoms with Crippen molar-refractivity contribution in [3.05, 3.63) is 71.8 Å². The second-order valence-corrected chi connectivity index (χ2v) is 13.0. The van der Waals surface area contributed by atoms with Gasteiger partial charge in [0.05, 0.1) is 0 Å². The molecule has 2 N–H and O–H groups in total. The Hall–Kier alpha value is -2.87. The summed E-state index contributed by atoms with van der Waals surface area (Å²) in [6, 6.07) is 18.5. The van der Waals surface area contributed by atoms with Crippen molar-refractivity contribution < 1.29 is 35.9 Å². The molecular formula is C22H26ClN3O8S2. The Balaban J connectivity index is 0.000000201. The van der Waals surface area contributed by atoms with E-state index in [2.05, 4.69) is 0 Å². The number of rotatable bonds is 6. The number of halogens is 1. The van der Waals surface area contributed by atoms with Gasteiger partial charge >= 0.3 is 12.2 Å². The van der Waals surface area contributed by atoms with Crippen LogP contribution in [0.15, 0.2) is 60.7 Å². The molecule has 2 heterocycles. The second kappa shape index (κ2) is 11.9. The number of sulfonamides is 1. The monoisotopic (exact) mass is 559 g/mol. The first kappa shape index (κ1) is 27.7. The molecule has 0 saturated carbocycles. The molecular weight excluding hydrogens is 534 g/mol. The van der Waals surface area contributed by atoms with Crippen LogP contribution in [0.2, 0.25) is 0 Å². The summed E-state index contributed by atoms with van der Waals surface area (Å²) in [4.78, 5) is 25.7. The quantitative estimate of drug-likeness (QED) is 0.526. The molecule has 2 amide bonds. The van der Waals surface area contributed by atoms with Gasteiger partial charge in [-0.05, 0) is 11.1 Å². The first-order chi connectivity index (χ1) is 16.9. The third-order valence-corrected chi connectivity index (χ3v) is 8.56. The fourth-order valence-corrected chi connectivity index (χ4v) is 5.01. The minimum absolute atomic E-state index is 0.0967. The van der Waals surface area contributed by atoms with Crippen molar-refractivity contribution in [3.63, 3.8) is 0 Å². The van der Waals surface area contributed by atoms with Crippen LogP contribution in [0.4, 0.5) is 9.59 Å². The third kappa shape index (κ3) is 8.08. The molecule has 0 bridgehead atoms. The van der Waals surface area contributed by atoms with E-state index < -0.39 is 41.8 Å². The van der Waals surface area contributed by atoms with Gasteiger partial charge in [-0.2, -0.15) is 0 Å². The van der Waals surface area contributed by atoms with Crippen LogP contribution in [0.1, 0.15) is 11.1 Å². The highest BCUT2D eigenvalue weighted by atomic mass is 35.7. The van der Waals surface area contributed by atoms with E-state index in [1.165, 1.54) is 9.80 Å². The smallest absolute Gasteiger partial charge is 0.410 e. The summed E-state index contributed by atoms with van der Waals surface area (Å²) in [6.45, 7) is 0.752. The van der Waals surface area contributed by atoms with E-state index in [1.54, 1.807) is 0 Å². The first-order valence-corrected chi connectivity index (χ1v) is 14.8. The van der Waals surface area contributed by atoms with Gasteiger partial charge in [0.15, 0.2) is 0 Å². The summed E-state index contributed by atoms with van der Waals surface area (Å²) >= 11 is 0. The molecule has 2 saturated heterocycles. The summed E-state index contributed by atoms with van der Waals surface area (Å²) in [7, 11) is -1.95. The second-order valence-electron chi connectivity index (χ2n) is 8.20. The Labute approximate surface area is 214 Å². The minimum Gasteiger partial charge on any atom is -0.445 e. The highest BCUT2D eigenvalue weighted by Gasteiger charge is 2.40. The summed E-state index contributed by atoms with van der Waals surface area (Å²) in [5.41, 5.74) is 1.77. The van der Waals surface area contributed by atoms with E-state index >= 15 is 0 Å². The number of carbonyl (C=O) groups excluding carboxylic acids is 2. The predicted molar refractivity (Wildman–Crippen MR) is 132 cm³/mol. The zero-order chi connectivity index (χ0) is 26.3. The lowest BCUT2D eigenvalue weighted by Crippen LogP contribution is -2.58. The standard InChI is InChI=1S/C11H12ClNO4S.C11H14N2O4S/c2*12-18(15,16)10-6-13(7-10)11(14)17-8-9-4-2-1-3-5-9/h1-5,10H,6-8H2;1-5,10H,6-8H2,(H2,12,15,16). The summed E-state index contributed by atoms with van der Waals surface area (Å²) in [5.74, 6) is 0. The Morgan fingerprint density at radius 2 is 1.11 bits per heavy atom. The zero-order valence-corrected chi connectivity index (χ0v) is 21.5. The SMILES string of the molecule is NS(=O)(=O)C1CN(C(=O)OCc2ccccc2)C1.O=C(OCc1ccccc1)N1CC(S(=O)(=O)Cl)C1. The number of hydrogen-bond acceptors (Lipinski definition) is 8. The molecule has 196 valence electrons. The third-order valence-electron chi connectivity index (χ3n) is 5.49. The van der Waals surface area contributed by atoms with E-state index in [0.29, 0.717) is 0 Å². The molecule has 0 aliphatic carbocycles. The summed E-state index contributed by atoms with van der Waals surface area (Å²) in [6.07, 6.45) is -1.03. The number of carbonyl (C=O) groups is 2. The Kier molecular flexibility index (Phi) is 9.17. The summed E-state index contributed by atoms with van der Waals surface area (Å²) in [5, 5.41) is 3.62. The van der Waals surface area contributed by atoms with Crippen molar-refractivity contribution >= 4 is 41.9 Å². The van der Waals surface area contributed by atoms with Crippen LogP contribution >= 0.6 is 10.7 Å². The average molecular weight is 560 g/mol. The number of ether oxygens (including phenoxy) is 2. The Bertz CT molecular complexity index is 1150. The highest BCUT2D eigenvalue weighted by Crippen LogP contribution is 2.20. The van der Waals surface area contributed by atoms with Crippen LogP contribution < -0.4 is 5.14 Å². The number of likely N-dealkylation sites (tertiary alicyclic amines) is 2. The minimum atomic E-state index is -3.58. The molecule has 0 spiro atoms. The van der Waals surface area contributed by atoms with E-state index in [4.69, 9.17) is 25.3 Å². The van der Waals surface area contributed by atoms with Crippen LogP contribution in [-0.4, -0.2) is 75.5 Å². The van der Waals surface area contributed by atoms with Crippen LogP contribution in [0.5, 0.6) is 0 Å². The summed E-state index contributed by atoms with van der Waals surface area (Å²) < 4.78 is 53.9. The van der Waals surface area contributed by atoms with Gasteiger partial charge in [-0.25, -0.2) is 31.6 Å². The van der Waals surface area contributed by atoms with Crippen LogP contribution in [0.3, 0.4) is 0 Å². The first-order valence-electron chi connectivity index (χ1n) is 10.8. The molecule has 4 rings (SSSR count). The van der Waals surface area contributed by atoms with Crippen LogP contribution in [0, 0.1) is 0 Å². The van der Waals surface area contributed by atoms with Gasteiger partial charge in [0.25, 0.3) is 0 Å². The largest absolute Gasteiger partial charge is 0.445 e. The number of amides is 2. The maximum atomic E-state index is 11.5. The highest BCUT2D eigenvalue weighted by molar-refractivity contribution is 8.14. The van der Waals surface area contributed by atoms with E-state index in [9.17, 15) is 26.4 Å². The van der Waals surface area contributed by atoms with Gasteiger partial charge in [0.1, 0.15) is 23.7 Å². The molecule has 11 nitrogen and oxygen atoms in total. The van der Waals surface area contributed by atoms with Crippen molar-refractivity contribution in [2.24, 2.45) is 5.14 Å². The fourth-order valence-electron chi connectivity index (χ4n) is 3.18. The average Bonchev–Trinajstić information content (AvgIpc) is 2.74. The lowest BCUT2D eigenvalue weighted by atomic mass is 10.2. The van der Waals surface area contributed by atoms with Crippen molar-refractivity contribution in [2.45, 2.75) is 23.7 Å². The topological polar surface area (TPSA) is 153 Å². The van der Waals surface area contributed by atoms with E-state index in [0.717, 1.165) is 11.1 Å². The van der Waals surface area contributed by atoms with Crippen LogP contribution in [0.25, 0.3) is 0 Å². The molecule has 2 aromatic carbocycles. The van der Waals surface area contributed by atoms with Gasteiger partial charge < -0.3 is 19.3 Å². The normalized spacial score (nSPS) is 16.2. The van der Waals surface area contributed by atoms with Crippen molar-refractivity contribution in [1.82, 2.24) is 9.80 Å². The Morgan fingerprint density at radius 3 is 1.44 bits per heavy atom. The fraction of sp³-hybridized carbons (Fsp3) is 0.364. The number of hydrogen-bond donors (Lipinski definition) is 1. The number of nitrogens with zero attached hydrogens (tertiary/aromatic N) is 2. The number of benzene rings is 2. The maximum Gasteiger partial charge on any atom is 0.410 e. The molecule has 2 aliphatic rings. The van der Waals surface area contributed by atoms with E-state index in [-0.39, 0.29) is 39.4 Å². The van der Waals surface area contributed by atoms with Gasteiger partial charge in [0, 0.05) is 36.9 Å². The van der Waals surface area contributed by atoms with Crippen molar-refractivity contribution in [3.8, 4) is 0 Å². The maximum absolute atomic E-state index is 11.5. The number of primary sulfonamides is 1. The lowest BCUT2D eigenvalue weighted by molar-refractivity contribution is 0.0762. The molecule has 14 heteroatoms. The van der Waals surface area contributed by atoms with Crippen LogP contribution in [-0.2, 0) is 41.8 Å². The lowest BCUT2D eigenvalue weighted by Gasteiger charge is -2.36. The zero-order valence-electron chi connectivity index (χ0n) is 19.1. The molecule has 36 heavy (non-hydrogen) atoms. The van der Waals surface area contributed by atoms with Crippen molar-refractivity contribution in [2.75, 3.05) is 26.2 Å². The van der Waals surface area contributed by atoms with Gasteiger partial charge in [-0.3, -0.25) is 0 Å². The van der Waals surface area contributed by atoms with Gasteiger partial charge in [0.2, 0.25) is 19.1 Å². The van der Waals surface area contributed by atoms with E-state index in [1.807, 2.05) is 60.7 Å².